The third kappa shape index (κ3) is 9.08. The Hall–Kier alpha value is -2.53. The van der Waals surface area contributed by atoms with Gasteiger partial charge in [0.25, 0.3) is 0 Å². The van der Waals surface area contributed by atoms with Crippen molar-refractivity contribution >= 4 is 0 Å². The van der Waals surface area contributed by atoms with E-state index in [-0.39, 0.29) is 23.2 Å². The molecule has 11 heteroatoms. The summed E-state index contributed by atoms with van der Waals surface area (Å²) in [7, 11) is 0. The second kappa shape index (κ2) is 15.1. The van der Waals surface area contributed by atoms with Crippen LogP contribution >= 0.6 is 0 Å². The molecule has 2 saturated carbocycles. The Balaban J connectivity index is 1.07. The van der Waals surface area contributed by atoms with Gasteiger partial charge in [0, 0.05) is 23.5 Å². The van der Waals surface area contributed by atoms with Crippen LogP contribution in [0.1, 0.15) is 84.0 Å². The van der Waals surface area contributed by atoms with Crippen molar-refractivity contribution < 1.29 is 49.7 Å². The minimum Gasteiger partial charge on any atom is -0.432 e. The highest BCUT2D eigenvalue weighted by atomic mass is 19.4. The van der Waals surface area contributed by atoms with Crippen molar-refractivity contribution in [3.8, 4) is 22.6 Å². The first-order chi connectivity index (χ1) is 21.9. The minimum atomic E-state index is -5.09. The van der Waals surface area contributed by atoms with Crippen molar-refractivity contribution in [2.24, 2.45) is 29.6 Å². The van der Waals surface area contributed by atoms with E-state index in [1.165, 1.54) is 19.3 Å². The summed E-state index contributed by atoms with van der Waals surface area (Å²) in [6, 6.07) is 5.49. The van der Waals surface area contributed by atoms with E-state index < -0.39 is 35.8 Å². The van der Waals surface area contributed by atoms with Crippen LogP contribution in [0.4, 0.5) is 30.7 Å². The summed E-state index contributed by atoms with van der Waals surface area (Å²) < 4.78 is 117. The van der Waals surface area contributed by atoms with Crippen molar-refractivity contribution in [3.05, 3.63) is 48.0 Å². The van der Waals surface area contributed by atoms with Gasteiger partial charge in [0.1, 0.15) is 11.6 Å². The van der Waals surface area contributed by atoms with E-state index in [4.69, 9.17) is 14.2 Å². The predicted octanol–water partition coefficient (Wildman–Crippen LogP) is 10.7. The number of alkyl halides is 5. The number of hydrogen-bond donors (Lipinski definition) is 0. The van der Waals surface area contributed by atoms with Crippen LogP contribution in [0.25, 0.3) is 11.1 Å². The van der Waals surface area contributed by atoms with Crippen LogP contribution in [0.3, 0.4) is 0 Å². The Morgan fingerprint density at radius 1 is 0.717 bits per heavy atom. The van der Waals surface area contributed by atoms with Crippen molar-refractivity contribution in [1.82, 2.24) is 0 Å². The maximum absolute atomic E-state index is 15.2. The minimum absolute atomic E-state index is 0.0829. The third-order valence-corrected chi connectivity index (χ3v) is 9.99. The number of rotatable bonds is 11. The number of benzene rings is 2. The molecule has 5 rings (SSSR count). The van der Waals surface area contributed by atoms with Crippen molar-refractivity contribution in [1.29, 1.82) is 0 Å². The zero-order valence-corrected chi connectivity index (χ0v) is 26.1. The Kier molecular flexibility index (Phi) is 11.4. The molecule has 1 heterocycles. The molecule has 256 valence electrons. The average molecular weight is 661 g/mol. The van der Waals surface area contributed by atoms with Gasteiger partial charge in [0.2, 0.25) is 0 Å². The summed E-state index contributed by atoms with van der Waals surface area (Å²) in [6.45, 7) is 3.73. The Morgan fingerprint density at radius 3 is 1.93 bits per heavy atom. The molecule has 0 atom stereocenters. The lowest BCUT2D eigenvalue weighted by Crippen LogP contribution is -2.40. The molecule has 0 spiro atoms. The summed E-state index contributed by atoms with van der Waals surface area (Å²) in [6.07, 6.45) is 2.19. The van der Waals surface area contributed by atoms with Crippen molar-refractivity contribution in [2.45, 2.75) is 103 Å². The first-order valence-electron chi connectivity index (χ1n) is 16.6. The van der Waals surface area contributed by atoms with Crippen LogP contribution < -0.4 is 9.47 Å². The van der Waals surface area contributed by atoms with Gasteiger partial charge in [-0.1, -0.05) is 32.3 Å². The summed E-state index contributed by atoms with van der Waals surface area (Å²) >= 11 is 0. The van der Waals surface area contributed by atoms with Crippen LogP contribution in [0.15, 0.2) is 36.4 Å². The van der Waals surface area contributed by atoms with E-state index in [1.54, 1.807) is 0 Å². The van der Waals surface area contributed by atoms with Crippen molar-refractivity contribution in [2.75, 3.05) is 13.2 Å². The monoisotopic (exact) mass is 660 g/mol. The fourth-order valence-corrected chi connectivity index (χ4v) is 7.40. The molecule has 0 radical (unpaired) electrons. The first-order valence-corrected chi connectivity index (χ1v) is 16.6. The molecule has 0 amide bonds. The lowest BCUT2D eigenvalue weighted by Gasteiger charge is -2.41. The molecule has 46 heavy (non-hydrogen) atoms. The fraction of sp³-hybridized carbons (Fsp3) is 0.657. The number of halogens is 7. The molecular formula is C35H43F7O4. The maximum Gasteiger partial charge on any atom is 0.573 e. The van der Waals surface area contributed by atoms with E-state index in [1.807, 2.05) is 0 Å². The lowest BCUT2D eigenvalue weighted by molar-refractivity contribution is -0.275. The van der Waals surface area contributed by atoms with E-state index in [9.17, 15) is 22.0 Å². The third-order valence-electron chi connectivity index (χ3n) is 9.99. The summed E-state index contributed by atoms with van der Waals surface area (Å²) in [5.74, 6) is -3.03. The Morgan fingerprint density at radius 2 is 1.35 bits per heavy atom. The highest BCUT2D eigenvalue weighted by Gasteiger charge is 2.45. The van der Waals surface area contributed by atoms with E-state index in [0.29, 0.717) is 55.4 Å². The zero-order chi connectivity index (χ0) is 32.9. The molecule has 4 nitrogen and oxygen atoms in total. The number of ether oxygens (including phenoxy) is 4. The summed E-state index contributed by atoms with van der Waals surface area (Å²) in [5, 5.41) is 0. The normalized spacial score (nSPS) is 27.7. The van der Waals surface area contributed by atoms with Crippen LogP contribution in [0.5, 0.6) is 11.5 Å². The largest absolute Gasteiger partial charge is 0.573 e. The SMILES string of the molecule is CCCCCC1COC(C2CCC(C3CCC(C(F)(F)Oc4ccc(-c5ccc(OC(F)(F)F)c(F)c5)c(F)c4)CC3)CC2)OC1. The van der Waals surface area contributed by atoms with Gasteiger partial charge in [-0.2, -0.15) is 8.78 Å². The highest BCUT2D eigenvalue weighted by molar-refractivity contribution is 5.66. The molecule has 0 N–H and O–H groups in total. The summed E-state index contributed by atoms with van der Waals surface area (Å²) in [5.41, 5.74) is -0.267. The Bertz CT molecular complexity index is 1260. The van der Waals surface area contributed by atoms with Gasteiger partial charge in [-0.05, 0) is 99.5 Å². The number of unbranched alkanes of at least 4 members (excludes halogenated alkanes) is 2. The lowest BCUT2D eigenvalue weighted by atomic mass is 9.69. The van der Waals surface area contributed by atoms with Gasteiger partial charge >= 0.3 is 12.5 Å². The quantitative estimate of drug-likeness (QED) is 0.178. The van der Waals surface area contributed by atoms with Gasteiger partial charge in [-0.25, -0.2) is 8.78 Å². The van der Waals surface area contributed by atoms with Crippen LogP contribution in [0, 0.1) is 41.2 Å². The van der Waals surface area contributed by atoms with E-state index in [2.05, 4.69) is 11.7 Å². The first kappa shape index (κ1) is 34.8. The zero-order valence-electron chi connectivity index (χ0n) is 26.1. The van der Waals surface area contributed by atoms with Gasteiger partial charge in [-0.3, -0.25) is 0 Å². The standard InChI is InChI=1S/C35H43F7O4/c1-2-3-4-5-22-20-43-33(44-21-22)25-8-6-23(7-9-25)24-10-13-27(14-11-24)34(38,39)45-28-15-16-29(30(36)19-28)26-12-17-32(31(37)18-26)46-35(40,41)42/h12,15-19,22-25,27,33H,2-11,13-14,20-21H2,1H3. The maximum atomic E-state index is 15.2. The molecule has 3 fully saturated rings. The van der Waals surface area contributed by atoms with Gasteiger partial charge in [0.15, 0.2) is 17.9 Å². The van der Waals surface area contributed by atoms with Crippen LogP contribution in [0.2, 0.25) is 0 Å². The Labute approximate surface area is 265 Å². The summed E-state index contributed by atoms with van der Waals surface area (Å²) in [4.78, 5) is 0. The molecule has 1 aliphatic heterocycles. The second-order valence-corrected chi connectivity index (χ2v) is 13.2. The van der Waals surface area contributed by atoms with Gasteiger partial charge in [-0.15, -0.1) is 13.2 Å². The molecule has 0 bridgehead atoms. The van der Waals surface area contributed by atoms with Crippen LogP contribution in [-0.4, -0.2) is 32.0 Å². The second-order valence-electron chi connectivity index (χ2n) is 13.2. The highest BCUT2D eigenvalue weighted by Crippen LogP contribution is 2.46. The van der Waals surface area contributed by atoms with Crippen LogP contribution in [-0.2, 0) is 9.47 Å². The molecule has 1 saturated heterocycles. The average Bonchev–Trinajstić information content (AvgIpc) is 3.02. The molecular weight excluding hydrogens is 617 g/mol. The predicted molar refractivity (Wildman–Crippen MR) is 158 cm³/mol. The molecule has 2 aliphatic carbocycles. The molecule has 2 aromatic carbocycles. The molecule has 0 aromatic heterocycles. The van der Waals surface area contributed by atoms with Gasteiger partial charge in [0.05, 0.1) is 19.1 Å². The molecule has 2 aromatic rings. The molecule has 0 unspecified atom stereocenters. The number of hydrogen-bond acceptors (Lipinski definition) is 4. The van der Waals surface area contributed by atoms with E-state index in [0.717, 1.165) is 75.6 Å². The smallest absolute Gasteiger partial charge is 0.432 e. The molecule has 3 aliphatic rings. The van der Waals surface area contributed by atoms with E-state index >= 15 is 8.78 Å². The fourth-order valence-electron chi connectivity index (χ4n) is 7.40. The van der Waals surface area contributed by atoms with Crippen molar-refractivity contribution in [3.63, 3.8) is 0 Å². The topological polar surface area (TPSA) is 36.9 Å². The van der Waals surface area contributed by atoms with Gasteiger partial charge < -0.3 is 18.9 Å².